The molecule has 0 N–H and O–H groups in total. The molecule has 5 nitrogen and oxygen atoms in total. The van der Waals surface area contributed by atoms with Gasteiger partial charge in [-0.25, -0.2) is 0 Å². The molecule has 0 spiro atoms. The third-order valence-electron chi connectivity index (χ3n) is 5.74. The Balaban J connectivity index is 1.62. The topological polar surface area (TPSA) is 42.6 Å². The number of hydrogen-bond donors (Lipinski definition) is 0. The molecule has 3 aromatic rings. The molecule has 1 aromatic carbocycles. The predicted octanol–water partition coefficient (Wildman–Crippen LogP) is 4.86. The van der Waals surface area contributed by atoms with Gasteiger partial charge in [-0.2, -0.15) is 0 Å². The maximum Gasteiger partial charge on any atom is 0.160 e. The second-order valence-corrected chi connectivity index (χ2v) is 8.33. The summed E-state index contributed by atoms with van der Waals surface area (Å²) >= 11 is 1.87. The number of fused-ring (bicyclic) bond motifs is 1. The van der Waals surface area contributed by atoms with Crippen LogP contribution in [0.3, 0.4) is 0 Å². The quantitative estimate of drug-likeness (QED) is 0.609. The van der Waals surface area contributed by atoms with Crippen LogP contribution in [0.15, 0.2) is 72.0 Å². The summed E-state index contributed by atoms with van der Waals surface area (Å²) in [7, 11) is 1.71. The van der Waals surface area contributed by atoms with Gasteiger partial charge in [-0.1, -0.05) is 30.8 Å². The van der Waals surface area contributed by atoms with Crippen LogP contribution in [0.5, 0.6) is 5.75 Å². The number of nitrogens with zero attached hydrogens (tertiary/aromatic N) is 4. The largest absolute Gasteiger partial charge is 0.497 e. The Hall–Kier alpha value is -2.73. The van der Waals surface area contributed by atoms with E-state index in [0.717, 1.165) is 34.5 Å². The van der Waals surface area contributed by atoms with Gasteiger partial charge in [0.1, 0.15) is 17.8 Å². The maximum absolute atomic E-state index is 5.45. The molecule has 6 heteroatoms. The predicted molar refractivity (Wildman–Crippen MR) is 118 cm³/mol. The molecule has 2 aromatic heterocycles. The van der Waals surface area contributed by atoms with E-state index in [1.54, 1.807) is 7.11 Å². The zero-order valence-corrected chi connectivity index (χ0v) is 17.4. The van der Waals surface area contributed by atoms with Gasteiger partial charge in [-0.15, -0.1) is 0 Å². The average Bonchev–Trinajstić information content (AvgIpc) is 3.49. The molecule has 0 amide bonds. The molecule has 0 aliphatic carbocycles. The smallest absolute Gasteiger partial charge is 0.160 e. The number of ether oxygens (including phenoxy) is 1. The van der Waals surface area contributed by atoms with E-state index in [9.17, 15) is 0 Å². The summed E-state index contributed by atoms with van der Waals surface area (Å²) < 4.78 is 7.71. The second-order valence-electron chi connectivity index (χ2n) is 7.34. The lowest BCUT2D eigenvalue weighted by Gasteiger charge is -2.32. The first-order chi connectivity index (χ1) is 14.3. The van der Waals surface area contributed by atoms with Gasteiger partial charge in [0.25, 0.3) is 0 Å². The van der Waals surface area contributed by atoms with Crippen molar-refractivity contribution in [2.75, 3.05) is 12.9 Å². The molecule has 2 aliphatic rings. The van der Waals surface area contributed by atoms with E-state index in [4.69, 9.17) is 9.73 Å². The molecule has 3 atom stereocenters. The normalized spacial score (nSPS) is 23.2. The molecule has 1 saturated heterocycles. The van der Waals surface area contributed by atoms with Crippen molar-refractivity contribution in [2.45, 2.75) is 31.5 Å². The molecule has 29 heavy (non-hydrogen) atoms. The Morgan fingerprint density at radius 2 is 2.07 bits per heavy atom. The van der Waals surface area contributed by atoms with Gasteiger partial charge >= 0.3 is 0 Å². The van der Waals surface area contributed by atoms with Crippen LogP contribution in [0.1, 0.15) is 36.8 Å². The molecular formula is C23H24N4OS. The van der Waals surface area contributed by atoms with Crippen LogP contribution in [-0.4, -0.2) is 38.5 Å². The van der Waals surface area contributed by atoms with Crippen molar-refractivity contribution >= 4 is 16.9 Å². The highest BCUT2D eigenvalue weighted by molar-refractivity contribution is 8.14. The monoisotopic (exact) mass is 404 g/mol. The lowest BCUT2D eigenvalue weighted by atomic mass is 9.99. The Kier molecular flexibility index (Phi) is 4.79. The molecule has 5 rings (SSSR count). The fourth-order valence-corrected chi connectivity index (χ4v) is 5.64. The minimum absolute atomic E-state index is 0.00712. The average molecular weight is 405 g/mol. The summed E-state index contributed by atoms with van der Waals surface area (Å²) in [6, 6.07) is 19.3. The van der Waals surface area contributed by atoms with Gasteiger partial charge in [0.05, 0.1) is 12.8 Å². The standard InChI is InChI=1S/C23H24N4OS/c1-3-16-15-29-23-25-21(19-10-4-5-12-24-19)22(27(16)23)20-11-7-13-26(20)17-8-6-9-18(14-17)28-2/h4-14,16,21-22H,3,15H2,1-2H3/t16-,21+,22+/m0/s1. The molecule has 0 saturated carbocycles. The lowest BCUT2D eigenvalue weighted by Crippen LogP contribution is -2.36. The summed E-state index contributed by atoms with van der Waals surface area (Å²) in [5.41, 5.74) is 3.35. The third-order valence-corrected chi connectivity index (χ3v) is 6.87. The highest BCUT2D eigenvalue weighted by atomic mass is 32.2. The Morgan fingerprint density at radius 1 is 1.14 bits per heavy atom. The van der Waals surface area contributed by atoms with Gasteiger partial charge in [0.15, 0.2) is 5.17 Å². The van der Waals surface area contributed by atoms with Gasteiger partial charge in [0, 0.05) is 41.6 Å². The summed E-state index contributed by atoms with van der Waals surface area (Å²) in [4.78, 5) is 12.3. The lowest BCUT2D eigenvalue weighted by molar-refractivity contribution is 0.249. The third kappa shape index (κ3) is 3.12. The highest BCUT2D eigenvalue weighted by Crippen LogP contribution is 2.48. The zero-order chi connectivity index (χ0) is 19.8. The number of rotatable bonds is 5. The van der Waals surface area contributed by atoms with Gasteiger partial charge in [-0.05, 0) is 42.8 Å². The van der Waals surface area contributed by atoms with Crippen molar-refractivity contribution < 1.29 is 4.74 Å². The fraction of sp³-hybridized carbons (Fsp3) is 0.304. The van der Waals surface area contributed by atoms with Crippen LogP contribution >= 0.6 is 11.8 Å². The molecular weight excluding hydrogens is 380 g/mol. The second kappa shape index (κ2) is 7.59. The Morgan fingerprint density at radius 3 is 2.86 bits per heavy atom. The van der Waals surface area contributed by atoms with Crippen molar-refractivity contribution in [1.82, 2.24) is 14.5 Å². The highest BCUT2D eigenvalue weighted by Gasteiger charge is 2.46. The van der Waals surface area contributed by atoms with Crippen molar-refractivity contribution in [1.29, 1.82) is 0 Å². The number of pyridine rings is 1. The Labute approximate surface area is 175 Å². The molecule has 0 unspecified atom stereocenters. The first kappa shape index (κ1) is 18.3. The molecule has 4 heterocycles. The first-order valence-corrected chi connectivity index (χ1v) is 11.0. The van der Waals surface area contributed by atoms with E-state index >= 15 is 0 Å². The number of thioether (sulfide) groups is 1. The summed E-state index contributed by atoms with van der Waals surface area (Å²) in [6.07, 6.45) is 5.10. The number of benzene rings is 1. The maximum atomic E-state index is 5.45. The number of hydrogen-bond acceptors (Lipinski definition) is 5. The minimum atomic E-state index is -0.00712. The Bertz CT molecular complexity index is 1030. The molecule has 148 valence electrons. The van der Waals surface area contributed by atoms with E-state index in [1.165, 1.54) is 5.69 Å². The number of aliphatic imine (C=N–C) groups is 1. The van der Waals surface area contributed by atoms with Gasteiger partial charge in [0.2, 0.25) is 0 Å². The number of aromatic nitrogens is 2. The summed E-state index contributed by atoms with van der Waals surface area (Å²) in [5, 5.41) is 1.15. The van der Waals surface area contributed by atoms with Crippen molar-refractivity contribution in [2.24, 2.45) is 4.99 Å². The SMILES string of the molecule is CC[C@H]1CSC2=N[C@H](c3ccccn3)[C@@H](c3cccn3-c3cccc(OC)c3)N21. The minimum Gasteiger partial charge on any atom is -0.497 e. The van der Waals surface area contributed by atoms with E-state index in [0.29, 0.717) is 6.04 Å². The molecule has 2 aliphatic heterocycles. The van der Waals surface area contributed by atoms with Crippen LogP contribution < -0.4 is 4.74 Å². The number of amidine groups is 1. The molecule has 0 bridgehead atoms. The van der Waals surface area contributed by atoms with E-state index < -0.39 is 0 Å². The molecule has 1 fully saturated rings. The van der Waals surface area contributed by atoms with Gasteiger partial charge < -0.3 is 14.2 Å². The van der Waals surface area contributed by atoms with E-state index in [2.05, 4.69) is 64.0 Å². The van der Waals surface area contributed by atoms with Crippen LogP contribution in [0.25, 0.3) is 5.69 Å². The summed E-state index contributed by atoms with van der Waals surface area (Å²) in [5.74, 6) is 1.95. The van der Waals surface area contributed by atoms with Crippen molar-refractivity contribution in [3.8, 4) is 11.4 Å². The fourth-order valence-electron chi connectivity index (χ4n) is 4.30. The number of methoxy groups -OCH3 is 1. The van der Waals surface area contributed by atoms with E-state index in [1.807, 2.05) is 36.2 Å². The van der Waals surface area contributed by atoms with Crippen LogP contribution in [0.2, 0.25) is 0 Å². The van der Waals surface area contributed by atoms with Crippen LogP contribution in [0.4, 0.5) is 0 Å². The van der Waals surface area contributed by atoms with Crippen LogP contribution in [-0.2, 0) is 0 Å². The van der Waals surface area contributed by atoms with Gasteiger partial charge in [-0.3, -0.25) is 9.98 Å². The van der Waals surface area contributed by atoms with E-state index in [-0.39, 0.29) is 12.1 Å². The first-order valence-electron chi connectivity index (χ1n) is 10.0. The van der Waals surface area contributed by atoms with Crippen LogP contribution in [0, 0.1) is 0 Å². The summed E-state index contributed by atoms with van der Waals surface area (Å²) in [6.45, 7) is 2.26. The van der Waals surface area contributed by atoms with Crippen molar-refractivity contribution in [3.05, 3.63) is 78.4 Å². The van der Waals surface area contributed by atoms with Crippen molar-refractivity contribution in [3.63, 3.8) is 0 Å². The zero-order valence-electron chi connectivity index (χ0n) is 16.6. The molecule has 0 radical (unpaired) electrons.